The summed E-state index contributed by atoms with van der Waals surface area (Å²) in [5.41, 5.74) is 12.9. The Balaban J connectivity index is 0.000000357. The van der Waals surface area contributed by atoms with E-state index in [-0.39, 0.29) is 53.7 Å². The van der Waals surface area contributed by atoms with Crippen molar-refractivity contribution in [1.29, 1.82) is 0 Å². The minimum atomic E-state index is -2.43. The maximum atomic E-state index is 8.58. The van der Waals surface area contributed by atoms with Crippen molar-refractivity contribution in [3.8, 4) is 33.6 Å². The Labute approximate surface area is 393 Å². The molecule has 331 valence electrons. The molecule has 0 unspecified atom stereocenters. The molecule has 0 spiro atoms. The summed E-state index contributed by atoms with van der Waals surface area (Å²) in [6.45, 7) is 30.0. The van der Waals surface area contributed by atoms with Crippen LogP contribution in [-0.4, -0.2) is 19.9 Å². The number of aryl methyl sites for hydroxylation is 1. The molecule has 8 aromatic rings. The van der Waals surface area contributed by atoms with Crippen molar-refractivity contribution in [3.63, 3.8) is 0 Å². The minimum Gasteiger partial charge on any atom is -0.500 e. The van der Waals surface area contributed by atoms with E-state index in [4.69, 9.17) is 17.9 Å². The fourth-order valence-corrected chi connectivity index (χ4v) is 7.78. The Morgan fingerprint density at radius 2 is 1.37 bits per heavy atom. The van der Waals surface area contributed by atoms with Crippen molar-refractivity contribution in [1.82, 2.24) is 19.9 Å². The molecule has 0 fully saturated rings. The van der Waals surface area contributed by atoms with Crippen LogP contribution in [0.5, 0.6) is 0 Å². The summed E-state index contributed by atoms with van der Waals surface area (Å²) in [7, 11) is 0. The predicted molar refractivity (Wildman–Crippen MR) is 258 cm³/mol. The number of aromatic nitrogens is 4. The molecular weight excluding hydrogens is 953 g/mol. The molecule has 0 N–H and O–H groups in total. The van der Waals surface area contributed by atoms with E-state index in [1.54, 1.807) is 12.4 Å². The minimum absolute atomic E-state index is 0. The normalized spacial score (nSPS) is 13.3. The summed E-state index contributed by atoms with van der Waals surface area (Å²) in [4.78, 5) is 18.8. The van der Waals surface area contributed by atoms with Gasteiger partial charge in [-0.05, 0) is 68.4 Å². The molecule has 63 heavy (non-hydrogen) atoms. The smallest absolute Gasteiger partial charge is 0.200 e. The van der Waals surface area contributed by atoms with Gasteiger partial charge in [-0.2, -0.15) is 0 Å². The first-order valence-corrected chi connectivity index (χ1v) is 22.0. The Bertz CT molecular complexity index is 2970. The number of furan rings is 1. The quantitative estimate of drug-likeness (QED) is 0.154. The number of fused-ring (bicyclic) bond motifs is 4. The van der Waals surface area contributed by atoms with Crippen LogP contribution in [0.4, 0.5) is 0 Å². The van der Waals surface area contributed by atoms with Crippen LogP contribution in [0.15, 0.2) is 88.1 Å². The van der Waals surface area contributed by atoms with Crippen LogP contribution in [0.1, 0.15) is 165 Å². The van der Waals surface area contributed by atoms with E-state index >= 15 is 0 Å². The predicted octanol–water partition coefficient (Wildman–Crippen LogP) is 15.8. The third-order valence-corrected chi connectivity index (χ3v) is 11.5. The van der Waals surface area contributed by atoms with Gasteiger partial charge in [-0.25, -0.2) is 9.97 Å². The van der Waals surface area contributed by atoms with Crippen LogP contribution in [-0.2, 0) is 36.4 Å². The van der Waals surface area contributed by atoms with Crippen molar-refractivity contribution in [2.75, 3.05) is 0 Å². The summed E-state index contributed by atoms with van der Waals surface area (Å²) in [5.74, 6) is 1.33. The monoisotopic (exact) mass is 1020 g/mol. The summed E-state index contributed by atoms with van der Waals surface area (Å²) in [6, 6.07) is 28.6. The van der Waals surface area contributed by atoms with Gasteiger partial charge in [-0.1, -0.05) is 152 Å². The number of oxazole rings is 1. The zero-order valence-corrected chi connectivity index (χ0v) is 42.1. The van der Waals surface area contributed by atoms with Crippen molar-refractivity contribution in [2.24, 2.45) is 0 Å². The average Bonchev–Trinajstić information content (AvgIpc) is 3.84. The van der Waals surface area contributed by atoms with E-state index in [0.29, 0.717) is 56.1 Å². The first kappa shape index (κ1) is 43.3. The van der Waals surface area contributed by atoms with E-state index in [1.165, 1.54) is 22.3 Å². The molecule has 0 saturated carbocycles. The van der Waals surface area contributed by atoms with Gasteiger partial charge >= 0.3 is 0 Å². The van der Waals surface area contributed by atoms with Crippen LogP contribution < -0.4 is 0 Å². The molecule has 1 radical (unpaired) electrons. The second kappa shape index (κ2) is 17.9. The summed E-state index contributed by atoms with van der Waals surface area (Å²) < 4.78 is 39.3. The largest absolute Gasteiger partial charge is 0.500 e. The Morgan fingerprint density at radius 3 is 1.90 bits per heavy atom. The van der Waals surface area contributed by atoms with Crippen LogP contribution in [0.2, 0.25) is 0 Å². The average molecular weight is 1020 g/mol. The van der Waals surface area contributed by atoms with Gasteiger partial charge in [0.25, 0.3) is 0 Å². The fraction of sp³-hybridized carbons (Fsp3) is 0.393. The number of nitrogens with zero attached hydrogens (tertiary/aromatic N) is 4. The maximum Gasteiger partial charge on any atom is 0.200 e. The number of hydrogen-bond donors (Lipinski definition) is 0. The first-order chi connectivity index (χ1) is 30.3. The molecule has 4 aromatic carbocycles. The van der Waals surface area contributed by atoms with Gasteiger partial charge in [0.1, 0.15) is 17.4 Å². The molecule has 0 aliphatic rings. The molecule has 0 saturated heterocycles. The van der Waals surface area contributed by atoms with Gasteiger partial charge in [0.15, 0.2) is 5.58 Å². The van der Waals surface area contributed by atoms with Gasteiger partial charge in [0.2, 0.25) is 5.89 Å². The Kier molecular flexibility index (Phi) is 12.3. The van der Waals surface area contributed by atoms with Crippen molar-refractivity contribution in [2.45, 2.75) is 145 Å². The third kappa shape index (κ3) is 9.61. The van der Waals surface area contributed by atoms with E-state index in [1.807, 2.05) is 42.6 Å². The first-order valence-electron chi connectivity index (χ1n) is 23.5. The maximum absolute atomic E-state index is 8.58. The second-order valence-electron chi connectivity index (χ2n) is 20.7. The zero-order valence-electron chi connectivity index (χ0n) is 42.7. The van der Waals surface area contributed by atoms with E-state index < -0.39 is 6.85 Å². The molecular formula is C56H64IrN4O2-2. The van der Waals surface area contributed by atoms with E-state index in [0.717, 1.165) is 28.1 Å². The van der Waals surface area contributed by atoms with Crippen LogP contribution >= 0.6 is 0 Å². The Morgan fingerprint density at radius 1 is 0.667 bits per heavy atom. The van der Waals surface area contributed by atoms with Crippen LogP contribution in [0.25, 0.3) is 66.7 Å². The summed E-state index contributed by atoms with van der Waals surface area (Å²) >= 11 is 0. The molecule has 4 heterocycles. The van der Waals surface area contributed by atoms with Gasteiger partial charge < -0.3 is 13.8 Å². The molecule has 0 aliphatic carbocycles. The van der Waals surface area contributed by atoms with E-state index in [9.17, 15) is 0 Å². The van der Waals surface area contributed by atoms with Gasteiger partial charge in [0.05, 0.1) is 11.1 Å². The number of pyridine rings is 1. The molecule has 8 rings (SSSR count). The molecule has 0 atom stereocenters. The standard InChI is InChI=1S/C41H48N3O2.C15H16N.Ir/c1-21(2)25-16-27(22(3)4)34(28(17-25)23(5)6)35-36-31(45-39(44-36)41(11,12)13)18-29-33-24(7)14-15-26(37(33)46-38(29)35)30-19-32(40(8,9)10)43-20-42-30;1-15(2,3)13-9-10-14(16-11-13)12-7-5-4-6-8-12;/h14,16-23H,1-13H3;4-7,9-11H,1-3H3;/q2*-1;/i7D3;;. The van der Waals surface area contributed by atoms with Crippen molar-refractivity contribution >= 4 is 33.0 Å². The summed E-state index contributed by atoms with van der Waals surface area (Å²) in [6.07, 6.45) is 3.50. The number of benzene rings is 4. The van der Waals surface area contributed by atoms with Gasteiger partial charge in [-0.15, -0.1) is 53.6 Å². The molecule has 0 aliphatic heterocycles. The summed E-state index contributed by atoms with van der Waals surface area (Å²) in [5, 5.41) is 1.17. The second-order valence-corrected chi connectivity index (χ2v) is 20.7. The topological polar surface area (TPSA) is 77.8 Å². The van der Waals surface area contributed by atoms with Gasteiger partial charge in [-0.3, -0.25) is 4.98 Å². The van der Waals surface area contributed by atoms with Crippen molar-refractivity contribution < 1.29 is 33.1 Å². The Hall–Kier alpha value is -4.97. The van der Waals surface area contributed by atoms with Gasteiger partial charge in [0, 0.05) is 52.3 Å². The molecule has 7 heteroatoms. The molecule has 0 bridgehead atoms. The number of rotatable bonds is 6. The van der Waals surface area contributed by atoms with Crippen molar-refractivity contribution in [3.05, 3.63) is 131 Å². The zero-order chi connectivity index (χ0) is 47.6. The molecule has 0 amide bonds. The SMILES string of the molecule is CC(C)(C)c1ccc(-c2[c-]cccc2)nc1.[2H]C([2H])([2H])c1c[c-]c(-c2cc(C(C)(C)C)ncn2)c2oc3c(-c4c(C(C)C)cc(C(C)C)cc4C(C)C)c4nc(C(C)(C)C)oc4cc3c12.[Ir]. The fourth-order valence-electron chi connectivity index (χ4n) is 7.78. The number of hydrogen-bond acceptors (Lipinski definition) is 6. The van der Waals surface area contributed by atoms with E-state index in [2.05, 4.69) is 155 Å². The molecule has 4 aromatic heterocycles. The third-order valence-electron chi connectivity index (χ3n) is 11.5. The van der Waals surface area contributed by atoms with Crippen LogP contribution in [0.3, 0.4) is 0 Å². The molecule has 6 nitrogen and oxygen atoms in total. The van der Waals surface area contributed by atoms with Crippen LogP contribution in [0, 0.1) is 19.0 Å².